The topological polar surface area (TPSA) is 151 Å². The number of rotatable bonds is 8. The Morgan fingerprint density at radius 3 is 0.862 bits per heavy atom. The minimum Gasteiger partial charge on any atom is -0.457 e. The molecule has 18 heteroatoms. The number of pyridine rings is 6. The Kier molecular flexibility index (Phi) is 17.9. The maximum atomic E-state index is 6.86. The van der Waals surface area contributed by atoms with Gasteiger partial charge in [0.1, 0.15) is 23.0 Å². The molecule has 0 amide bonds. The average Bonchev–Trinajstić information content (AvgIpc) is 1.49. The van der Waals surface area contributed by atoms with E-state index in [1.807, 2.05) is 140 Å². The van der Waals surface area contributed by atoms with Crippen molar-refractivity contribution in [2.45, 2.75) is 128 Å². The van der Waals surface area contributed by atoms with E-state index < -0.39 is 43.2 Å². The summed E-state index contributed by atoms with van der Waals surface area (Å²) in [6, 6.07) is 92.4. The number of hydrogen-bond donors (Lipinski definition) is 0. The van der Waals surface area contributed by atoms with E-state index in [-0.39, 0.29) is 22.4 Å². The highest BCUT2D eigenvalue weighted by Gasteiger charge is 2.64. The molecule has 0 bridgehead atoms. The summed E-state index contributed by atoms with van der Waals surface area (Å²) >= 11 is 6.72. The van der Waals surface area contributed by atoms with Crippen LogP contribution in [0.5, 0.6) is 23.0 Å². The maximum Gasteiger partial charge on any atom is 0.494 e. The largest absolute Gasteiger partial charge is 0.494 e. The molecule has 0 N–H and O–H groups in total. The minimum absolute atomic E-state index is 0.360. The van der Waals surface area contributed by atoms with Crippen molar-refractivity contribution >= 4 is 38.2 Å². The molecule has 2 spiro atoms. The van der Waals surface area contributed by atoms with E-state index in [1.165, 1.54) is 44.5 Å². The molecule has 8 aromatic carbocycles. The van der Waals surface area contributed by atoms with Gasteiger partial charge in [-0.25, -0.2) is 9.97 Å². The molecule has 14 aromatic rings. The fourth-order valence-electron chi connectivity index (χ4n) is 17.3. The Labute approximate surface area is 683 Å². The first-order valence-electron chi connectivity index (χ1n) is 39.6. The van der Waals surface area contributed by atoms with Gasteiger partial charge in [-0.1, -0.05) is 157 Å². The second-order valence-electron chi connectivity index (χ2n) is 33.7. The first-order chi connectivity index (χ1) is 55.8. The summed E-state index contributed by atoms with van der Waals surface area (Å²) in [6.07, 6.45) is 7.19. The third-order valence-corrected chi connectivity index (χ3v) is 25.4. The van der Waals surface area contributed by atoms with Crippen molar-refractivity contribution in [3.8, 4) is 113 Å². The van der Waals surface area contributed by atoms with Crippen molar-refractivity contribution in [2.75, 3.05) is 0 Å². The van der Waals surface area contributed by atoms with Gasteiger partial charge in [0, 0.05) is 52.1 Å². The molecule has 2 aliphatic carbocycles. The summed E-state index contributed by atoms with van der Waals surface area (Å²) < 4.78 is 50.5. The van der Waals surface area contributed by atoms with Crippen LogP contribution in [0.4, 0.5) is 0 Å². The Bertz CT molecular complexity index is 5920. The van der Waals surface area contributed by atoms with Crippen molar-refractivity contribution in [3.05, 3.63) is 341 Å². The Hall–Kier alpha value is -11.5. The molecule has 0 radical (unpaired) electrons. The molecule has 14 nitrogen and oxygen atoms in total. The number of halogens is 1. The van der Waals surface area contributed by atoms with Crippen LogP contribution in [-0.4, -0.2) is 84.6 Å². The molecule has 21 rings (SSSR count). The second-order valence-corrected chi connectivity index (χ2v) is 34.1. The Morgan fingerprint density at radius 2 is 0.534 bits per heavy atom. The van der Waals surface area contributed by atoms with Crippen molar-refractivity contribution in [1.82, 2.24) is 29.9 Å². The molecule has 5 aliphatic heterocycles. The summed E-state index contributed by atoms with van der Waals surface area (Å²) in [6.45, 7) is 24.6. The normalized spacial score (nSPS) is 17.8. The van der Waals surface area contributed by atoms with E-state index in [0.29, 0.717) is 5.02 Å². The summed E-state index contributed by atoms with van der Waals surface area (Å²) in [7, 11) is -1.47. The van der Waals surface area contributed by atoms with Gasteiger partial charge in [0.25, 0.3) is 0 Å². The van der Waals surface area contributed by atoms with Gasteiger partial charge < -0.3 is 37.4 Å². The number of benzene rings is 8. The van der Waals surface area contributed by atoms with Crippen molar-refractivity contribution in [1.29, 1.82) is 0 Å². The van der Waals surface area contributed by atoms with Gasteiger partial charge in [-0.05, 0) is 277 Å². The standard InChI is InChI=1S/C46H36BN3O3.C40H24ClN3O.C12H24B2O4/c1-44(2)45(3,4)53-47(52-44)31-20-22-43-37(28-31)46(34-15-7-5-13-32(34)33-14-6-8-16-35(33)46)36-25-29(19-21-42(36)51-43)30-26-40(38-17-9-11-23-48-38)50-41(27-30)39-18-10-12-24-49-39;41-27-16-18-39-33(24-27)40(30-11-3-1-9-28(30)29-10-2-4-12-31(29)40)32-21-25(15-17-38(32)45-39)26-22-36(34-13-5-7-19-42-34)44-37(23-26)35-14-6-8-20-43-35;1-9(2)10(3,4)16-13(15-9)14-17-11(5,6)12(7,8)18-14/h5-28H,1-4H3;1-24H;1-8H3. The third-order valence-electron chi connectivity index (χ3n) is 25.2. The summed E-state index contributed by atoms with van der Waals surface area (Å²) in [5.74, 6) is 3.27. The van der Waals surface area contributed by atoms with Crippen LogP contribution in [0.25, 0.3) is 90.1 Å². The van der Waals surface area contributed by atoms with Crippen molar-refractivity contribution < 1.29 is 37.4 Å². The van der Waals surface area contributed by atoms with Crippen LogP contribution in [0.2, 0.25) is 5.02 Å². The molecule has 570 valence electrons. The van der Waals surface area contributed by atoms with Crippen LogP contribution in [0.1, 0.15) is 128 Å². The van der Waals surface area contributed by atoms with Crippen LogP contribution in [-0.2, 0) is 38.8 Å². The van der Waals surface area contributed by atoms with Gasteiger partial charge in [0.05, 0.1) is 90.0 Å². The molecule has 3 saturated heterocycles. The van der Waals surface area contributed by atoms with Crippen molar-refractivity contribution in [3.63, 3.8) is 0 Å². The number of nitrogens with zero attached hydrogens (tertiary/aromatic N) is 6. The average molecular weight is 1540 g/mol. The van der Waals surface area contributed by atoms with Gasteiger partial charge in [-0.2, -0.15) is 0 Å². The lowest BCUT2D eigenvalue weighted by molar-refractivity contribution is 0.00578. The van der Waals surface area contributed by atoms with E-state index in [1.54, 1.807) is 24.8 Å². The van der Waals surface area contributed by atoms with Gasteiger partial charge in [-0.3, -0.25) is 19.9 Å². The Balaban J connectivity index is 0.000000129. The zero-order chi connectivity index (χ0) is 79.9. The zero-order valence-corrected chi connectivity index (χ0v) is 67.5. The lowest BCUT2D eigenvalue weighted by atomic mass is 9.49. The third kappa shape index (κ3) is 12.3. The predicted octanol–water partition coefficient (Wildman–Crippen LogP) is 21.9. The first-order valence-corrected chi connectivity index (χ1v) is 39.9. The molecule has 0 saturated carbocycles. The first kappa shape index (κ1) is 74.6. The summed E-state index contributed by atoms with van der Waals surface area (Å²) in [5.41, 5.74) is 21.7. The Morgan fingerprint density at radius 1 is 0.250 bits per heavy atom. The molecule has 6 aromatic heterocycles. The molecule has 3 fully saturated rings. The quantitative estimate of drug-likeness (QED) is 0.133. The second kappa shape index (κ2) is 27.9. The molecule has 0 atom stereocenters. The predicted molar refractivity (Wildman–Crippen MR) is 460 cm³/mol. The van der Waals surface area contributed by atoms with Crippen LogP contribution in [0.3, 0.4) is 0 Å². The monoisotopic (exact) mass is 1540 g/mol. The lowest BCUT2D eigenvalue weighted by Crippen LogP contribution is -2.41. The minimum atomic E-state index is -0.674. The van der Waals surface area contributed by atoms with Crippen molar-refractivity contribution in [2.24, 2.45) is 0 Å². The fraction of sp³-hybridized carbons (Fsp3) is 0.204. The van der Waals surface area contributed by atoms with Crippen LogP contribution in [0.15, 0.2) is 292 Å². The van der Waals surface area contributed by atoms with Crippen LogP contribution in [0, 0.1) is 0 Å². The van der Waals surface area contributed by atoms with Gasteiger partial charge in [0.2, 0.25) is 0 Å². The highest BCUT2D eigenvalue weighted by molar-refractivity contribution is 7.11. The van der Waals surface area contributed by atoms with E-state index in [4.69, 9.17) is 59.0 Å². The lowest BCUT2D eigenvalue weighted by Gasteiger charge is -2.40. The summed E-state index contributed by atoms with van der Waals surface area (Å²) in [5, 5.41) is 0.673. The molecular formula is C98H84B3ClN6O8. The van der Waals surface area contributed by atoms with Crippen LogP contribution < -0.4 is 14.9 Å². The molecule has 7 aliphatic rings. The highest BCUT2D eigenvalue weighted by atomic mass is 35.5. The van der Waals surface area contributed by atoms with Gasteiger partial charge >= 0.3 is 21.1 Å². The molecule has 11 heterocycles. The SMILES string of the molecule is CC1(C)OB(B2OC(C)(C)C(C)(C)O2)OC1(C)C.CC1(C)OB(c2ccc3c(c2)C2(c4cc(-c5cc(-c6ccccn6)nc(-c6ccccn6)c5)ccc4O3)c3ccccc3-c3ccccc32)OC1(C)C.Clc1ccc2c(c1)C1(c3cc(-c4cc(-c5ccccn5)nc(-c5ccccn5)c4)ccc3O2)c2ccccc2-c2ccccc21. The smallest absolute Gasteiger partial charge is 0.457 e. The molecular weight excluding hydrogens is 1460 g/mol. The van der Waals surface area contributed by atoms with E-state index >= 15 is 0 Å². The number of fused-ring (bicyclic) bond motifs is 18. The number of aromatic nitrogens is 6. The maximum absolute atomic E-state index is 6.86. The van der Waals surface area contributed by atoms with E-state index in [0.717, 1.165) is 119 Å². The fourth-order valence-corrected chi connectivity index (χ4v) is 17.4. The van der Waals surface area contributed by atoms with E-state index in [2.05, 4.69) is 230 Å². The highest BCUT2D eigenvalue weighted by Crippen LogP contribution is 2.65. The summed E-state index contributed by atoms with van der Waals surface area (Å²) in [4.78, 5) is 28.6. The number of hydrogen-bond acceptors (Lipinski definition) is 14. The van der Waals surface area contributed by atoms with Gasteiger partial charge in [0.15, 0.2) is 0 Å². The zero-order valence-electron chi connectivity index (χ0n) is 66.8. The number of ether oxygens (including phenoxy) is 2. The molecule has 116 heavy (non-hydrogen) atoms. The molecule has 0 unspecified atom stereocenters. The van der Waals surface area contributed by atoms with Crippen LogP contribution >= 0.6 is 11.6 Å². The van der Waals surface area contributed by atoms with Gasteiger partial charge in [-0.15, -0.1) is 0 Å². The van der Waals surface area contributed by atoms with E-state index in [9.17, 15) is 0 Å².